The lowest BCUT2D eigenvalue weighted by Crippen LogP contribution is -2.53. The van der Waals surface area contributed by atoms with Gasteiger partial charge in [0.1, 0.15) is 5.78 Å². The Kier molecular flexibility index (Phi) is 29.3. The molecule has 5 rings (SSSR count). The number of amides is 3. The van der Waals surface area contributed by atoms with Crippen molar-refractivity contribution >= 4 is 59.4 Å². The van der Waals surface area contributed by atoms with Gasteiger partial charge in [-0.15, -0.1) is 0 Å². The molecule has 86 heavy (non-hydrogen) atoms. The molecule has 3 amide bonds. The van der Waals surface area contributed by atoms with E-state index in [2.05, 4.69) is 10.6 Å². The van der Waals surface area contributed by atoms with Gasteiger partial charge < -0.3 is 33.6 Å². The Balaban J connectivity index is 1.43. The first-order valence-electron chi connectivity index (χ1n) is 29.3. The van der Waals surface area contributed by atoms with Crippen molar-refractivity contribution in [3.63, 3.8) is 0 Å². The van der Waals surface area contributed by atoms with Crippen LogP contribution < -0.4 is 33.6 Å². The van der Waals surface area contributed by atoms with Crippen LogP contribution in [-0.4, -0.2) is 150 Å². The summed E-state index contributed by atoms with van der Waals surface area (Å²) in [5.74, 6) is -6.69. The lowest BCUT2D eigenvalue weighted by atomic mass is 9.90. The third-order valence-electron chi connectivity index (χ3n) is 14.8. The van der Waals surface area contributed by atoms with Crippen molar-refractivity contribution in [1.82, 2.24) is 23.5 Å². The Hall–Kier alpha value is -6.54. The molecule has 10 N–H and O–H groups in total. The summed E-state index contributed by atoms with van der Waals surface area (Å²) in [6.45, 7) is -0.894. The molecule has 0 saturated heterocycles. The average molecular weight is 1240 g/mol. The van der Waals surface area contributed by atoms with Crippen LogP contribution in [0.15, 0.2) is 152 Å². The molecule has 468 valence electrons. The third-order valence-corrected chi connectivity index (χ3v) is 20.2. The first-order chi connectivity index (χ1) is 41.1. The molecule has 23 heteroatoms. The van der Waals surface area contributed by atoms with Crippen LogP contribution in [0.2, 0.25) is 0 Å². The highest BCUT2D eigenvalue weighted by Crippen LogP contribution is 2.23. The summed E-state index contributed by atoms with van der Waals surface area (Å²) in [7, 11) is -12.5. The monoisotopic (exact) mass is 1240 g/mol. The van der Waals surface area contributed by atoms with E-state index in [4.69, 9.17) is 22.9 Å². The summed E-state index contributed by atoms with van der Waals surface area (Å²) in [4.78, 5) is 70.8. The topological polar surface area (TPSA) is 326 Å². The first-order valence-corrected chi connectivity index (χ1v) is 34.1. The highest BCUT2D eigenvalue weighted by atomic mass is 32.2. The molecule has 0 aliphatic heterocycles. The van der Waals surface area contributed by atoms with Crippen molar-refractivity contribution in [2.45, 2.75) is 89.0 Å². The molecule has 20 nitrogen and oxygen atoms in total. The number of carbonyl (C=O) groups is 5. The number of carbonyl (C=O) groups excluding carboxylic acids is 5. The maximum atomic E-state index is 14.9. The Morgan fingerprint density at radius 2 is 0.919 bits per heavy atom. The SMILES string of the molecule is CC[C@@H](Cc1ccccc1)CN(CC(=O)C[C@@H](Cc1ccccc1)C(=O)N[C@@H](Cc1ccccc1)CN(CC(=O)N[C@@H](CCCCN)C(=O)C[C@@H](Cc1ccccc1)CN(CC(N)=O)S(=O)(=O)Cc1ccccc1)S(=O)(=O)CCN)S(=O)(=O)CCN. The molecule has 0 unspecified atom stereocenters. The van der Waals surface area contributed by atoms with Crippen LogP contribution in [0, 0.1) is 17.8 Å². The molecule has 0 heterocycles. The molecule has 0 fully saturated rings. The Bertz CT molecular complexity index is 3230. The summed E-state index contributed by atoms with van der Waals surface area (Å²) in [5.41, 5.74) is 26.8. The van der Waals surface area contributed by atoms with Gasteiger partial charge in [0, 0.05) is 57.5 Å². The van der Waals surface area contributed by atoms with Crippen LogP contribution in [0.5, 0.6) is 0 Å². The van der Waals surface area contributed by atoms with E-state index in [1.807, 2.05) is 55.5 Å². The number of hydrogen-bond acceptors (Lipinski definition) is 14. The minimum absolute atomic E-state index is 0.0470. The molecule has 5 atom stereocenters. The van der Waals surface area contributed by atoms with Gasteiger partial charge in [-0.1, -0.05) is 165 Å². The molecular weight excluding hydrogens is 1150 g/mol. The molecule has 0 aliphatic carbocycles. The molecule has 5 aromatic carbocycles. The fraction of sp³-hybridized carbons (Fsp3) is 0.444. The van der Waals surface area contributed by atoms with Crippen molar-refractivity contribution in [3.8, 4) is 0 Å². The van der Waals surface area contributed by atoms with E-state index in [1.165, 1.54) is 4.31 Å². The van der Waals surface area contributed by atoms with Gasteiger partial charge in [-0.3, -0.25) is 24.0 Å². The van der Waals surface area contributed by atoms with E-state index in [-0.39, 0.29) is 82.9 Å². The standard InChI is InChI=1S/C63H87N9O11S3/c1-2-49(36-50-20-8-3-9-21-50)42-70(84(78,79)34-32-65)45-58(73)41-56(38-52-24-12-5-13-25-52)63(77)68-57(39-53-26-14-6-15-27-53)44-72(85(80,81)35-33-66)47-62(76)69-59(30-18-19-31-64)60(74)40-55(37-51-22-10-4-11-23-51)43-71(46-61(67)75)86(82,83)48-54-28-16-7-17-29-54/h3-17,20-29,49,55-57,59H,2,18-19,30-48,64-66H2,1H3,(H2,67,75)(H,68,77)(H,69,76)/t49-,55+,56+,57-,59-/m0/s1. The number of primary amides is 1. The van der Waals surface area contributed by atoms with Crippen molar-refractivity contribution < 1.29 is 49.2 Å². The zero-order chi connectivity index (χ0) is 62.5. The number of unbranched alkanes of at least 4 members (excludes halogenated alkanes) is 1. The minimum Gasteiger partial charge on any atom is -0.369 e. The highest BCUT2D eigenvalue weighted by Gasteiger charge is 2.35. The van der Waals surface area contributed by atoms with Crippen molar-refractivity contribution in [1.29, 1.82) is 0 Å². The molecule has 0 bridgehead atoms. The zero-order valence-corrected chi connectivity index (χ0v) is 51.7. The van der Waals surface area contributed by atoms with Crippen LogP contribution in [0.3, 0.4) is 0 Å². The largest absolute Gasteiger partial charge is 0.369 e. The zero-order valence-electron chi connectivity index (χ0n) is 49.2. The first kappa shape index (κ1) is 70.2. The highest BCUT2D eigenvalue weighted by molar-refractivity contribution is 7.89. The number of nitrogens with two attached hydrogens (primary N) is 4. The molecule has 0 radical (unpaired) electrons. The Morgan fingerprint density at radius 3 is 1.40 bits per heavy atom. The van der Waals surface area contributed by atoms with E-state index >= 15 is 0 Å². The van der Waals surface area contributed by atoms with Crippen molar-refractivity contribution in [3.05, 3.63) is 179 Å². The third kappa shape index (κ3) is 24.7. The minimum atomic E-state index is -4.36. The number of rotatable bonds is 42. The Labute approximate surface area is 509 Å². The van der Waals surface area contributed by atoms with Gasteiger partial charge in [-0.2, -0.15) is 12.9 Å². The second-order valence-electron chi connectivity index (χ2n) is 21.9. The van der Waals surface area contributed by atoms with Crippen LogP contribution in [-0.2, 0) is 85.5 Å². The molecule has 0 aliphatic rings. The van der Waals surface area contributed by atoms with E-state index in [9.17, 15) is 49.2 Å². The molecule has 5 aromatic rings. The lowest BCUT2D eigenvalue weighted by Gasteiger charge is -2.30. The van der Waals surface area contributed by atoms with Crippen molar-refractivity contribution in [2.24, 2.45) is 40.7 Å². The normalized spacial score (nSPS) is 13.8. The summed E-state index contributed by atoms with van der Waals surface area (Å²) in [5, 5.41) is 5.80. The molecule has 0 aromatic heterocycles. The van der Waals surface area contributed by atoms with Crippen LogP contribution in [0.1, 0.15) is 73.3 Å². The second kappa shape index (κ2) is 35.9. The molecule has 0 spiro atoms. The van der Waals surface area contributed by atoms with Crippen LogP contribution in [0.25, 0.3) is 0 Å². The summed E-state index contributed by atoms with van der Waals surface area (Å²) in [6, 6.07) is 42.8. The quantitative estimate of drug-likeness (QED) is 0.0304. The van der Waals surface area contributed by atoms with Gasteiger partial charge in [-0.05, 0) is 91.1 Å². The van der Waals surface area contributed by atoms with Gasteiger partial charge >= 0.3 is 0 Å². The smallest absolute Gasteiger partial charge is 0.235 e. The Morgan fingerprint density at radius 1 is 0.477 bits per heavy atom. The van der Waals surface area contributed by atoms with Crippen LogP contribution >= 0.6 is 0 Å². The average Bonchev–Trinajstić information content (AvgIpc) is 3.26. The number of Topliss-reactive ketones (excluding diaryl/α,β-unsaturated/α-hetero) is 2. The number of nitrogens with zero attached hydrogens (tertiary/aromatic N) is 3. The van der Waals surface area contributed by atoms with E-state index < -0.39 is 121 Å². The van der Waals surface area contributed by atoms with Gasteiger partial charge in [0.2, 0.25) is 47.8 Å². The number of nitrogens with one attached hydrogen (secondary N) is 2. The van der Waals surface area contributed by atoms with E-state index in [0.717, 1.165) is 19.7 Å². The van der Waals surface area contributed by atoms with E-state index in [1.54, 1.807) is 103 Å². The number of benzene rings is 5. The van der Waals surface area contributed by atoms with Gasteiger partial charge in [-0.25, -0.2) is 25.3 Å². The summed E-state index contributed by atoms with van der Waals surface area (Å²) < 4.78 is 87.2. The fourth-order valence-electron chi connectivity index (χ4n) is 10.4. The maximum Gasteiger partial charge on any atom is 0.235 e. The lowest BCUT2D eigenvalue weighted by molar-refractivity contribution is -0.130. The fourth-order valence-corrected chi connectivity index (χ4v) is 14.6. The van der Waals surface area contributed by atoms with Crippen molar-refractivity contribution in [2.75, 3.05) is 70.4 Å². The second-order valence-corrected chi connectivity index (χ2v) is 28.1. The molecular formula is C63H87N9O11S3. The van der Waals surface area contributed by atoms with Gasteiger partial charge in [0.05, 0.1) is 42.9 Å². The number of ketones is 2. The van der Waals surface area contributed by atoms with Crippen LogP contribution in [0.4, 0.5) is 0 Å². The summed E-state index contributed by atoms with van der Waals surface area (Å²) >= 11 is 0. The maximum absolute atomic E-state index is 14.9. The molecule has 0 saturated carbocycles. The predicted octanol–water partition coefficient (Wildman–Crippen LogP) is 3.73. The van der Waals surface area contributed by atoms with E-state index in [0.29, 0.717) is 42.4 Å². The van der Waals surface area contributed by atoms with Gasteiger partial charge in [0.25, 0.3) is 0 Å². The van der Waals surface area contributed by atoms with Gasteiger partial charge in [0.15, 0.2) is 5.78 Å². The predicted molar refractivity (Wildman–Crippen MR) is 336 cm³/mol. The summed E-state index contributed by atoms with van der Waals surface area (Å²) in [6.07, 6.45) is 1.85. The number of sulfonamides is 3. The number of hydrogen-bond donors (Lipinski definition) is 6.